The first-order valence-corrected chi connectivity index (χ1v) is 13.8. The van der Waals surface area contributed by atoms with Crippen LogP contribution in [0.3, 0.4) is 0 Å². The molecule has 5 heteroatoms. The molecule has 3 aromatic carbocycles. The number of amidine groups is 1. The van der Waals surface area contributed by atoms with Gasteiger partial charge in [-0.3, -0.25) is 9.69 Å². The minimum absolute atomic E-state index is 0.0407. The Morgan fingerprint density at radius 2 is 1.68 bits per heavy atom. The molecule has 4 nitrogen and oxygen atoms in total. The van der Waals surface area contributed by atoms with Crippen LogP contribution in [0.4, 0.5) is 17.1 Å². The topological polar surface area (TPSA) is 35.9 Å². The van der Waals surface area contributed by atoms with Crippen molar-refractivity contribution in [1.82, 2.24) is 0 Å². The van der Waals surface area contributed by atoms with E-state index < -0.39 is 0 Å². The number of benzene rings is 3. The van der Waals surface area contributed by atoms with Crippen molar-refractivity contribution < 1.29 is 4.79 Å². The molecule has 2 aliphatic rings. The first-order chi connectivity index (χ1) is 17.7. The molecule has 0 unspecified atom stereocenters. The number of thioether (sulfide) groups is 1. The molecule has 2 aliphatic heterocycles. The number of aliphatic imine (C=N–C) groups is 1. The number of carbonyl (C=O) groups excluding carboxylic acids is 1. The third-order valence-electron chi connectivity index (χ3n) is 7.27. The summed E-state index contributed by atoms with van der Waals surface area (Å²) in [7, 11) is 0. The number of hydrogen-bond acceptors (Lipinski definition) is 4. The second-order valence-corrected chi connectivity index (χ2v) is 12.0. The van der Waals surface area contributed by atoms with E-state index in [1.54, 1.807) is 4.90 Å². The maximum Gasteiger partial charge on any atom is 0.271 e. The van der Waals surface area contributed by atoms with Gasteiger partial charge >= 0.3 is 0 Å². The summed E-state index contributed by atoms with van der Waals surface area (Å²) >= 11 is 1.44. The Hall–Kier alpha value is -3.31. The zero-order valence-corrected chi connectivity index (χ0v) is 23.3. The largest absolute Gasteiger partial charge is 0.364 e. The molecule has 1 atom stereocenters. The van der Waals surface area contributed by atoms with Gasteiger partial charge in [0.15, 0.2) is 5.17 Å². The second-order valence-electron chi connectivity index (χ2n) is 11.0. The van der Waals surface area contributed by atoms with Crippen LogP contribution in [0.2, 0.25) is 0 Å². The van der Waals surface area contributed by atoms with E-state index in [4.69, 9.17) is 4.99 Å². The molecule has 1 saturated heterocycles. The van der Waals surface area contributed by atoms with E-state index >= 15 is 0 Å². The van der Waals surface area contributed by atoms with E-state index in [1.165, 1.54) is 28.6 Å². The third kappa shape index (κ3) is 4.85. The molecule has 0 radical (unpaired) electrons. The maximum atomic E-state index is 13.7. The number of aryl methyl sites for hydroxylation is 1. The normalized spacial score (nSPS) is 21.3. The summed E-state index contributed by atoms with van der Waals surface area (Å²) in [5, 5.41) is 0.672. The van der Waals surface area contributed by atoms with Crippen molar-refractivity contribution in [2.45, 2.75) is 65.5 Å². The number of para-hydroxylation sites is 2. The van der Waals surface area contributed by atoms with Crippen molar-refractivity contribution in [1.29, 1.82) is 0 Å². The van der Waals surface area contributed by atoms with E-state index in [-0.39, 0.29) is 11.4 Å². The zero-order chi connectivity index (χ0) is 26.3. The van der Waals surface area contributed by atoms with Crippen molar-refractivity contribution >= 4 is 46.0 Å². The van der Waals surface area contributed by atoms with Crippen LogP contribution in [0, 0.1) is 6.92 Å². The number of fused-ring (bicyclic) bond motifs is 1. The first kappa shape index (κ1) is 25.3. The van der Waals surface area contributed by atoms with Crippen LogP contribution in [0.5, 0.6) is 0 Å². The van der Waals surface area contributed by atoms with Gasteiger partial charge in [0.05, 0.1) is 16.3 Å². The van der Waals surface area contributed by atoms with Crippen molar-refractivity contribution in [3.05, 3.63) is 94.4 Å². The summed E-state index contributed by atoms with van der Waals surface area (Å²) in [6, 6.07) is 24.6. The molecule has 0 aromatic heterocycles. The van der Waals surface area contributed by atoms with Gasteiger partial charge in [-0.1, -0.05) is 43.3 Å². The van der Waals surface area contributed by atoms with E-state index in [0.29, 0.717) is 22.0 Å². The fourth-order valence-electron chi connectivity index (χ4n) is 5.85. The molecule has 2 heterocycles. The van der Waals surface area contributed by atoms with Crippen molar-refractivity contribution in [2.75, 3.05) is 9.80 Å². The van der Waals surface area contributed by atoms with Crippen LogP contribution in [-0.4, -0.2) is 22.7 Å². The fraction of sp³-hybridized carbons (Fsp3) is 0.312. The zero-order valence-electron chi connectivity index (χ0n) is 22.5. The molecule has 0 N–H and O–H groups in total. The van der Waals surface area contributed by atoms with E-state index in [9.17, 15) is 4.79 Å². The molecule has 0 bridgehead atoms. The number of hydrogen-bond donors (Lipinski definition) is 0. The predicted octanol–water partition coefficient (Wildman–Crippen LogP) is 8.30. The maximum absolute atomic E-state index is 13.7. The van der Waals surface area contributed by atoms with Crippen molar-refractivity contribution in [2.24, 2.45) is 4.99 Å². The third-order valence-corrected chi connectivity index (χ3v) is 8.24. The van der Waals surface area contributed by atoms with Crippen LogP contribution in [0.15, 0.2) is 82.7 Å². The molecule has 3 aromatic rings. The average molecular weight is 510 g/mol. The monoisotopic (exact) mass is 509 g/mol. The van der Waals surface area contributed by atoms with Gasteiger partial charge in [0.25, 0.3) is 5.91 Å². The predicted molar refractivity (Wildman–Crippen MR) is 159 cm³/mol. The number of nitrogens with zero attached hydrogens (tertiary/aromatic N) is 3. The Bertz CT molecular complexity index is 1380. The summed E-state index contributed by atoms with van der Waals surface area (Å²) in [5.74, 6) is 0.404. The lowest BCUT2D eigenvalue weighted by atomic mass is 9.78. The van der Waals surface area contributed by atoms with Gasteiger partial charge in [0.2, 0.25) is 0 Å². The molecule has 1 fully saturated rings. The van der Waals surface area contributed by atoms with Crippen molar-refractivity contribution in [3.8, 4) is 0 Å². The number of amides is 1. The molecular weight excluding hydrogens is 474 g/mol. The minimum Gasteiger partial charge on any atom is -0.364 e. The summed E-state index contributed by atoms with van der Waals surface area (Å²) in [6.07, 6.45) is 3.15. The van der Waals surface area contributed by atoms with Crippen LogP contribution in [0.1, 0.15) is 63.6 Å². The summed E-state index contributed by atoms with van der Waals surface area (Å²) in [5.41, 5.74) is 6.70. The minimum atomic E-state index is -0.0407. The Labute approximate surface area is 225 Å². The Morgan fingerprint density at radius 1 is 1.03 bits per heavy atom. The SMILES string of the molecule is Cc1cc2c(cc1/C=C1\SC(=Nc3ccccc3)N(c3ccccc3)C1=O)[C@@H](C)CC(C)(C)N2C(C)C. The van der Waals surface area contributed by atoms with Gasteiger partial charge in [0.1, 0.15) is 0 Å². The van der Waals surface area contributed by atoms with Crippen molar-refractivity contribution in [3.63, 3.8) is 0 Å². The Balaban J connectivity index is 1.58. The van der Waals surface area contributed by atoms with Crippen LogP contribution >= 0.6 is 11.8 Å². The first-order valence-electron chi connectivity index (χ1n) is 13.0. The highest BCUT2D eigenvalue weighted by atomic mass is 32.2. The highest BCUT2D eigenvalue weighted by Crippen LogP contribution is 2.46. The number of anilines is 2. The highest BCUT2D eigenvalue weighted by Gasteiger charge is 2.38. The van der Waals surface area contributed by atoms with Gasteiger partial charge in [-0.2, -0.15) is 0 Å². The van der Waals surface area contributed by atoms with Gasteiger partial charge in [-0.15, -0.1) is 0 Å². The Kier molecular flexibility index (Phi) is 6.76. The average Bonchev–Trinajstić information content (AvgIpc) is 3.14. The molecular formula is C32H35N3OS. The van der Waals surface area contributed by atoms with Crippen LogP contribution < -0.4 is 9.80 Å². The molecule has 190 valence electrons. The van der Waals surface area contributed by atoms with E-state index in [2.05, 4.69) is 64.7 Å². The van der Waals surface area contributed by atoms with E-state index in [1.807, 2.05) is 60.7 Å². The molecule has 0 spiro atoms. The van der Waals surface area contributed by atoms with Gasteiger partial charge in [0, 0.05) is 17.3 Å². The molecule has 5 rings (SSSR count). The molecule has 0 aliphatic carbocycles. The summed E-state index contributed by atoms with van der Waals surface area (Å²) in [4.78, 5) is 23.6. The standard InChI is InChI=1S/C32H35N3OS/c1-21(2)35-28-17-22(3)24(18-27(28)23(4)20-32(35,5)6)19-29-30(36)34(26-15-11-8-12-16-26)31(37-29)33-25-13-9-7-10-14-25/h7-19,21,23H,20H2,1-6H3/b29-19-,33-31?/t23-/m0/s1. The lowest BCUT2D eigenvalue weighted by molar-refractivity contribution is -0.113. The summed E-state index contributed by atoms with van der Waals surface area (Å²) < 4.78 is 0. The van der Waals surface area contributed by atoms with E-state index in [0.717, 1.165) is 23.4 Å². The number of carbonyl (C=O) groups is 1. The van der Waals surface area contributed by atoms with Gasteiger partial charge < -0.3 is 4.90 Å². The highest BCUT2D eigenvalue weighted by molar-refractivity contribution is 8.19. The van der Waals surface area contributed by atoms with Gasteiger partial charge in [-0.05, 0) is 118 Å². The molecule has 0 saturated carbocycles. The number of rotatable bonds is 4. The van der Waals surface area contributed by atoms with Gasteiger partial charge in [-0.25, -0.2) is 4.99 Å². The quantitative estimate of drug-likeness (QED) is 0.332. The molecule has 37 heavy (non-hydrogen) atoms. The van der Waals surface area contributed by atoms with Crippen LogP contribution in [-0.2, 0) is 4.79 Å². The Morgan fingerprint density at radius 3 is 2.32 bits per heavy atom. The smallest absolute Gasteiger partial charge is 0.271 e. The fourth-order valence-corrected chi connectivity index (χ4v) is 6.85. The molecule has 1 amide bonds. The second kappa shape index (κ2) is 9.86. The lowest BCUT2D eigenvalue weighted by Gasteiger charge is -2.50. The van der Waals surface area contributed by atoms with Crippen LogP contribution in [0.25, 0.3) is 6.08 Å². The summed E-state index contributed by atoms with van der Waals surface area (Å²) in [6.45, 7) is 13.7. The lowest BCUT2D eigenvalue weighted by Crippen LogP contribution is -2.51.